The number of aromatic nitrogens is 3. The van der Waals surface area contributed by atoms with E-state index in [1.807, 2.05) is 28.3 Å². The van der Waals surface area contributed by atoms with Crippen molar-refractivity contribution in [2.45, 2.75) is 30.4 Å². The van der Waals surface area contributed by atoms with E-state index in [-0.39, 0.29) is 16.6 Å². The van der Waals surface area contributed by atoms with Crippen molar-refractivity contribution in [3.8, 4) is 11.4 Å². The first-order chi connectivity index (χ1) is 13.3. The largest absolute Gasteiger partial charge is 0.325 e. The van der Waals surface area contributed by atoms with Gasteiger partial charge in [0.15, 0.2) is 20.8 Å². The highest BCUT2D eigenvalue weighted by atomic mass is 32.2. The smallest absolute Gasteiger partial charge is 0.234 e. The van der Waals surface area contributed by atoms with E-state index in [0.717, 1.165) is 17.6 Å². The second-order valence-corrected chi connectivity index (χ2v) is 9.89. The lowest BCUT2D eigenvalue weighted by atomic mass is 10.2. The van der Waals surface area contributed by atoms with E-state index in [0.29, 0.717) is 23.0 Å². The molecule has 3 aromatic rings. The van der Waals surface area contributed by atoms with Gasteiger partial charge in [0.05, 0.1) is 10.6 Å². The van der Waals surface area contributed by atoms with Gasteiger partial charge in [-0.15, -0.1) is 10.2 Å². The predicted octanol–water partition coefficient (Wildman–Crippen LogP) is 3.47. The number of benzene rings is 1. The number of thioether (sulfide) groups is 1. The summed E-state index contributed by atoms with van der Waals surface area (Å²) in [6.07, 6.45) is 1.16. The van der Waals surface area contributed by atoms with Crippen LogP contribution in [0.2, 0.25) is 0 Å². The van der Waals surface area contributed by atoms with Crippen molar-refractivity contribution in [3.05, 3.63) is 40.6 Å². The van der Waals surface area contributed by atoms with Crippen LogP contribution >= 0.6 is 23.1 Å². The van der Waals surface area contributed by atoms with Crippen LogP contribution in [0.5, 0.6) is 0 Å². The minimum atomic E-state index is -3.27. The van der Waals surface area contributed by atoms with Crippen LogP contribution < -0.4 is 5.32 Å². The molecule has 0 aliphatic rings. The standard InChI is InChI=1S/C18H20N4O3S3/c1-4-22-17(13-7-8-26-10-13)20-21-18(22)27-11-16(23)19-15-6-5-14(9-12(15)2)28(3,24)25/h5-10H,4,11H2,1-3H3,(H,19,23). The first kappa shape index (κ1) is 20.6. The number of anilines is 1. The summed E-state index contributed by atoms with van der Waals surface area (Å²) < 4.78 is 25.2. The van der Waals surface area contributed by atoms with Gasteiger partial charge in [0.1, 0.15) is 0 Å². The summed E-state index contributed by atoms with van der Waals surface area (Å²) in [5, 5.41) is 16.0. The zero-order chi connectivity index (χ0) is 20.3. The van der Waals surface area contributed by atoms with Crippen molar-refractivity contribution in [1.82, 2.24) is 14.8 Å². The maximum atomic E-state index is 12.3. The number of nitrogens with one attached hydrogen (secondary N) is 1. The summed E-state index contributed by atoms with van der Waals surface area (Å²) in [7, 11) is -3.27. The molecule has 0 saturated carbocycles. The molecule has 148 valence electrons. The molecule has 0 bridgehead atoms. The number of carbonyl (C=O) groups excluding carboxylic acids is 1. The quantitative estimate of drug-likeness (QED) is 0.570. The van der Waals surface area contributed by atoms with Crippen LogP contribution in [-0.4, -0.2) is 41.1 Å². The molecule has 1 aromatic carbocycles. The molecule has 3 rings (SSSR count). The molecule has 2 aromatic heterocycles. The van der Waals surface area contributed by atoms with E-state index >= 15 is 0 Å². The normalized spacial score (nSPS) is 11.5. The number of hydrogen-bond donors (Lipinski definition) is 1. The molecule has 2 heterocycles. The Hall–Kier alpha value is -2.17. The van der Waals surface area contributed by atoms with Crippen molar-refractivity contribution < 1.29 is 13.2 Å². The maximum Gasteiger partial charge on any atom is 0.234 e. The van der Waals surface area contributed by atoms with Crippen molar-refractivity contribution in [1.29, 1.82) is 0 Å². The number of sulfone groups is 1. The third kappa shape index (κ3) is 4.62. The van der Waals surface area contributed by atoms with Gasteiger partial charge in [-0.2, -0.15) is 11.3 Å². The fourth-order valence-electron chi connectivity index (χ4n) is 2.61. The fraction of sp³-hybridized carbons (Fsp3) is 0.278. The Balaban J connectivity index is 1.67. The SMILES string of the molecule is CCn1c(SCC(=O)Nc2ccc(S(C)(=O)=O)cc2C)nnc1-c1ccsc1. The summed E-state index contributed by atoms with van der Waals surface area (Å²) in [5.74, 6) is 0.775. The molecule has 0 saturated heterocycles. The van der Waals surface area contributed by atoms with Gasteiger partial charge >= 0.3 is 0 Å². The van der Waals surface area contributed by atoms with Gasteiger partial charge < -0.3 is 9.88 Å². The molecule has 0 aliphatic heterocycles. The lowest BCUT2D eigenvalue weighted by molar-refractivity contribution is -0.113. The van der Waals surface area contributed by atoms with Gasteiger partial charge in [0.2, 0.25) is 5.91 Å². The Bertz CT molecular complexity index is 1090. The van der Waals surface area contributed by atoms with Gasteiger partial charge in [-0.1, -0.05) is 11.8 Å². The molecule has 1 amide bonds. The lowest BCUT2D eigenvalue weighted by Crippen LogP contribution is -2.15. The van der Waals surface area contributed by atoms with Crippen LogP contribution in [0.4, 0.5) is 5.69 Å². The van der Waals surface area contributed by atoms with Crippen LogP contribution in [0, 0.1) is 6.92 Å². The molecule has 0 atom stereocenters. The Labute approximate surface area is 172 Å². The summed E-state index contributed by atoms with van der Waals surface area (Å²) >= 11 is 2.91. The van der Waals surface area contributed by atoms with Crippen LogP contribution in [0.25, 0.3) is 11.4 Å². The second-order valence-electron chi connectivity index (χ2n) is 6.15. The number of aryl methyl sites for hydroxylation is 1. The minimum absolute atomic E-state index is 0.176. The molecule has 1 N–H and O–H groups in total. The topological polar surface area (TPSA) is 94.0 Å². The van der Waals surface area contributed by atoms with Crippen molar-refractivity contribution >= 4 is 44.5 Å². The fourth-order valence-corrected chi connectivity index (χ4v) is 4.75. The Morgan fingerprint density at radius 1 is 1.29 bits per heavy atom. The average molecular weight is 437 g/mol. The number of rotatable bonds is 7. The van der Waals surface area contributed by atoms with Crippen molar-refractivity contribution in [2.24, 2.45) is 0 Å². The summed E-state index contributed by atoms with van der Waals surface area (Å²) in [6, 6.07) is 6.65. The number of hydrogen-bond acceptors (Lipinski definition) is 7. The molecule has 28 heavy (non-hydrogen) atoms. The summed E-state index contributed by atoms with van der Waals surface area (Å²) in [6.45, 7) is 4.47. The van der Waals surface area contributed by atoms with E-state index in [2.05, 4.69) is 15.5 Å². The van der Waals surface area contributed by atoms with Crippen molar-refractivity contribution in [3.63, 3.8) is 0 Å². The van der Waals surface area contributed by atoms with E-state index in [4.69, 9.17) is 0 Å². The van der Waals surface area contributed by atoms with Gasteiger partial charge in [0, 0.05) is 29.4 Å². The third-order valence-corrected chi connectivity index (χ3v) is 6.81. The zero-order valence-corrected chi connectivity index (χ0v) is 18.1. The lowest BCUT2D eigenvalue weighted by Gasteiger charge is -2.10. The number of thiophene rings is 1. The summed E-state index contributed by atoms with van der Waals surface area (Å²) in [5.41, 5.74) is 2.30. The number of amides is 1. The number of nitrogens with zero attached hydrogens (tertiary/aromatic N) is 3. The molecule has 10 heteroatoms. The van der Waals surface area contributed by atoms with Gasteiger partial charge in [-0.05, 0) is 49.1 Å². The molecule has 0 spiro atoms. The monoisotopic (exact) mass is 436 g/mol. The minimum Gasteiger partial charge on any atom is -0.325 e. The average Bonchev–Trinajstić information content (AvgIpc) is 3.29. The molecular weight excluding hydrogens is 416 g/mol. The summed E-state index contributed by atoms with van der Waals surface area (Å²) in [4.78, 5) is 12.6. The van der Waals surface area contributed by atoms with E-state index < -0.39 is 9.84 Å². The first-order valence-corrected chi connectivity index (χ1v) is 12.3. The predicted molar refractivity (Wildman–Crippen MR) is 113 cm³/mol. The molecular formula is C18H20N4O3S3. The highest BCUT2D eigenvalue weighted by molar-refractivity contribution is 7.99. The molecule has 0 unspecified atom stereocenters. The van der Waals surface area contributed by atoms with Gasteiger partial charge in [0.25, 0.3) is 0 Å². The number of carbonyl (C=O) groups is 1. The molecule has 0 fully saturated rings. The highest BCUT2D eigenvalue weighted by Gasteiger charge is 2.16. The zero-order valence-electron chi connectivity index (χ0n) is 15.7. The van der Waals surface area contributed by atoms with E-state index in [1.54, 1.807) is 30.4 Å². The van der Waals surface area contributed by atoms with Crippen LogP contribution in [0.1, 0.15) is 12.5 Å². The Morgan fingerprint density at radius 2 is 2.07 bits per heavy atom. The van der Waals surface area contributed by atoms with E-state index in [9.17, 15) is 13.2 Å². The second kappa shape index (κ2) is 8.46. The van der Waals surface area contributed by atoms with Gasteiger partial charge in [-0.25, -0.2) is 8.42 Å². The third-order valence-electron chi connectivity index (χ3n) is 4.04. The van der Waals surface area contributed by atoms with Crippen molar-refractivity contribution in [2.75, 3.05) is 17.3 Å². The van der Waals surface area contributed by atoms with Crippen LogP contribution in [-0.2, 0) is 21.2 Å². The molecule has 0 aliphatic carbocycles. The highest BCUT2D eigenvalue weighted by Crippen LogP contribution is 2.26. The maximum absolute atomic E-state index is 12.3. The Kier molecular flexibility index (Phi) is 6.21. The molecule has 7 nitrogen and oxygen atoms in total. The Morgan fingerprint density at radius 3 is 2.68 bits per heavy atom. The van der Waals surface area contributed by atoms with E-state index in [1.165, 1.54) is 17.8 Å². The first-order valence-electron chi connectivity index (χ1n) is 8.48. The van der Waals surface area contributed by atoms with Crippen LogP contribution in [0.15, 0.2) is 45.1 Å². The van der Waals surface area contributed by atoms with Crippen LogP contribution in [0.3, 0.4) is 0 Å². The molecule has 0 radical (unpaired) electrons. The van der Waals surface area contributed by atoms with Gasteiger partial charge in [-0.3, -0.25) is 4.79 Å².